The molecule has 2 unspecified atom stereocenters. The Bertz CT molecular complexity index is 1400. The molecule has 0 aliphatic carbocycles. The number of rotatable bonds is 10. The fourth-order valence-electron chi connectivity index (χ4n) is 5.77. The molecular formula is C30H32N2O6. The molecule has 0 radical (unpaired) electrons. The van der Waals surface area contributed by atoms with Gasteiger partial charge < -0.3 is 29.0 Å². The van der Waals surface area contributed by atoms with Gasteiger partial charge in [-0.15, -0.1) is 0 Å². The van der Waals surface area contributed by atoms with Gasteiger partial charge in [0.2, 0.25) is 6.79 Å². The third-order valence-corrected chi connectivity index (χ3v) is 7.44. The topological polar surface area (TPSA) is 114 Å². The zero-order valence-corrected chi connectivity index (χ0v) is 21.7. The van der Waals surface area contributed by atoms with Gasteiger partial charge in [-0.25, -0.2) is 0 Å². The highest BCUT2D eigenvalue weighted by Crippen LogP contribution is 2.45. The van der Waals surface area contributed by atoms with Crippen LogP contribution < -0.4 is 0 Å². The number of aliphatic carboxylic acids is 1. The quantitative estimate of drug-likeness (QED) is 0.364. The van der Waals surface area contributed by atoms with E-state index >= 15 is 0 Å². The number of carboxylic acid groups (broad SMARTS) is 1. The molecule has 3 aromatic rings. The fourth-order valence-corrected chi connectivity index (χ4v) is 5.77. The minimum absolute atomic E-state index is 0.134. The Labute approximate surface area is 221 Å². The van der Waals surface area contributed by atoms with Crippen LogP contribution in [-0.2, 0) is 42.2 Å². The summed E-state index contributed by atoms with van der Waals surface area (Å²) < 4.78 is 23.2. The van der Waals surface area contributed by atoms with Crippen LogP contribution in [0, 0.1) is 18.3 Å². The van der Waals surface area contributed by atoms with Crippen LogP contribution in [0.25, 0.3) is 10.9 Å². The van der Waals surface area contributed by atoms with Crippen molar-refractivity contribution in [1.29, 1.82) is 5.26 Å². The first kappa shape index (κ1) is 25.8. The highest BCUT2D eigenvalue weighted by molar-refractivity contribution is 5.94. The highest BCUT2D eigenvalue weighted by atomic mass is 16.7. The molecule has 0 saturated carbocycles. The number of fused-ring (bicyclic) bond motifs is 3. The Hall–Kier alpha value is -3.80. The maximum Gasteiger partial charge on any atom is 0.306 e. The molecule has 0 amide bonds. The molecule has 198 valence electrons. The van der Waals surface area contributed by atoms with Crippen molar-refractivity contribution in [2.45, 2.75) is 57.7 Å². The summed E-state index contributed by atoms with van der Waals surface area (Å²) in [7, 11) is 0. The van der Waals surface area contributed by atoms with Crippen molar-refractivity contribution in [1.82, 2.24) is 4.98 Å². The van der Waals surface area contributed by atoms with Crippen LogP contribution in [0.1, 0.15) is 65.8 Å². The summed E-state index contributed by atoms with van der Waals surface area (Å²) in [6.07, 6.45) is 3.64. The molecule has 2 aromatic carbocycles. The second-order valence-electron chi connectivity index (χ2n) is 9.89. The Morgan fingerprint density at radius 2 is 2.13 bits per heavy atom. The van der Waals surface area contributed by atoms with E-state index in [1.165, 1.54) is 0 Å². The van der Waals surface area contributed by atoms with Crippen LogP contribution in [0.5, 0.6) is 0 Å². The SMILES string of the molecule is CCCC1(CC(=O)O)OCCc2c1[nH]c1c(C)c(C(Cc3ccccc3)OCC3=COCO3)cc(C#N)c21. The molecule has 8 nitrogen and oxygen atoms in total. The molecule has 0 fully saturated rings. The largest absolute Gasteiger partial charge is 0.481 e. The number of carboxylic acids is 1. The van der Waals surface area contributed by atoms with Crippen LogP contribution >= 0.6 is 0 Å². The number of hydrogen-bond acceptors (Lipinski definition) is 6. The molecule has 2 aliphatic rings. The molecule has 1 aromatic heterocycles. The zero-order valence-electron chi connectivity index (χ0n) is 21.7. The van der Waals surface area contributed by atoms with Gasteiger partial charge in [-0.2, -0.15) is 5.26 Å². The summed E-state index contributed by atoms with van der Waals surface area (Å²) in [5, 5.41) is 20.8. The number of nitrogens with zero attached hydrogens (tertiary/aromatic N) is 1. The van der Waals surface area contributed by atoms with Gasteiger partial charge in [0.05, 0.1) is 42.0 Å². The normalized spacial score (nSPS) is 19.2. The fraction of sp³-hybridized carbons (Fsp3) is 0.400. The average Bonchev–Trinajstić information content (AvgIpc) is 3.57. The standard InChI is InChI=1S/C30H32N2O6/c1-3-10-30(14-26(33)34)29-23(9-11-38-30)27-21(15-31)13-24(19(2)28(27)32-29)25(12-20-7-5-4-6-8-20)36-17-22-16-35-18-37-22/h4-8,13,16,25,32H,3,9-12,14,17-18H2,1-2H3,(H,33,34). The molecule has 2 N–H and O–H groups in total. The second-order valence-corrected chi connectivity index (χ2v) is 9.89. The lowest BCUT2D eigenvalue weighted by Crippen LogP contribution is -2.37. The van der Waals surface area contributed by atoms with E-state index < -0.39 is 11.6 Å². The van der Waals surface area contributed by atoms with Gasteiger partial charge in [0, 0.05) is 11.8 Å². The summed E-state index contributed by atoms with van der Waals surface area (Å²) in [5.74, 6) is -0.292. The summed E-state index contributed by atoms with van der Waals surface area (Å²) in [4.78, 5) is 15.4. The Kier molecular flexibility index (Phi) is 7.41. The molecule has 5 rings (SSSR count). The van der Waals surface area contributed by atoms with Gasteiger partial charge in [-0.05, 0) is 48.1 Å². The smallest absolute Gasteiger partial charge is 0.306 e. The van der Waals surface area contributed by atoms with Crippen LogP contribution in [0.4, 0.5) is 0 Å². The zero-order chi connectivity index (χ0) is 26.7. The molecule has 8 heteroatoms. The van der Waals surface area contributed by atoms with Gasteiger partial charge in [-0.3, -0.25) is 4.79 Å². The number of aryl methyl sites for hydroxylation is 1. The van der Waals surface area contributed by atoms with E-state index in [-0.39, 0.29) is 25.9 Å². The lowest BCUT2D eigenvalue weighted by molar-refractivity contribution is -0.149. The van der Waals surface area contributed by atoms with Crippen LogP contribution in [0.2, 0.25) is 0 Å². The highest BCUT2D eigenvalue weighted by Gasteiger charge is 2.42. The molecule has 3 heterocycles. The van der Waals surface area contributed by atoms with Gasteiger partial charge in [0.25, 0.3) is 0 Å². The Morgan fingerprint density at radius 1 is 1.32 bits per heavy atom. The van der Waals surface area contributed by atoms with Gasteiger partial charge in [0.15, 0.2) is 5.76 Å². The van der Waals surface area contributed by atoms with E-state index in [2.05, 4.69) is 23.2 Å². The predicted molar refractivity (Wildman–Crippen MR) is 140 cm³/mol. The number of nitrogens with one attached hydrogen (secondary N) is 1. The second kappa shape index (κ2) is 10.9. The van der Waals surface area contributed by atoms with Crippen molar-refractivity contribution in [2.75, 3.05) is 20.0 Å². The molecule has 0 spiro atoms. The minimum atomic E-state index is -0.946. The molecule has 2 atom stereocenters. The van der Waals surface area contributed by atoms with E-state index in [0.29, 0.717) is 37.2 Å². The summed E-state index contributed by atoms with van der Waals surface area (Å²) in [6.45, 7) is 4.88. The minimum Gasteiger partial charge on any atom is -0.481 e. The van der Waals surface area contributed by atoms with E-state index in [0.717, 1.165) is 45.3 Å². The Balaban J connectivity index is 1.63. The van der Waals surface area contributed by atoms with Crippen molar-refractivity contribution in [2.24, 2.45) is 0 Å². The third-order valence-electron chi connectivity index (χ3n) is 7.44. The van der Waals surface area contributed by atoms with E-state index in [1.54, 1.807) is 6.26 Å². The molecule has 0 saturated heterocycles. The van der Waals surface area contributed by atoms with Crippen LogP contribution in [-0.4, -0.2) is 36.1 Å². The van der Waals surface area contributed by atoms with Gasteiger partial charge in [-0.1, -0.05) is 43.7 Å². The lowest BCUT2D eigenvalue weighted by atomic mass is 9.84. The number of ether oxygens (including phenoxy) is 4. The molecular weight excluding hydrogens is 484 g/mol. The lowest BCUT2D eigenvalue weighted by Gasteiger charge is -2.36. The van der Waals surface area contributed by atoms with E-state index in [9.17, 15) is 15.2 Å². The van der Waals surface area contributed by atoms with Crippen molar-refractivity contribution < 1.29 is 28.8 Å². The van der Waals surface area contributed by atoms with Crippen molar-refractivity contribution in [3.05, 3.63) is 81.9 Å². The maximum atomic E-state index is 11.9. The first-order valence-corrected chi connectivity index (χ1v) is 13.0. The molecule has 38 heavy (non-hydrogen) atoms. The van der Waals surface area contributed by atoms with Crippen molar-refractivity contribution >= 4 is 16.9 Å². The van der Waals surface area contributed by atoms with Crippen LogP contribution in [0.3, 0.4) is 0 Å². The number of aromatic amines is 1. The summed E-state index contributed by atoms with van der Waals surface area (Å²) in [5.41, 5.74) is 5.17. The predicted octanol–water partition coefficient (Wildman–Crippen LogP) is 5.54. The number of hydrogen-bond donors (Lipinski definition) is 2. The maximum absolute atomic E-state index is 11.9. The van der Waals surface area contributed by atoms with Crippen LogP contribution in [0.15, 0.2) is 48.4 Å². The molecule has 2 aliphatic heterocycles. The van der Waals surface area contributed by atoms with Gasteiger partial charge >= 0.3 is 5.97 Å². The van der Waals surface area contributed by atoms with Gasteiger partial charge in [0.1, 0.15) is 18.5 Å². The summed E-state index contributed by atoms with van der Waals surface area (Å²) in [6, 6.07) is 14.4. The number of H-pyrrole nitrogens is 1. The monoisotopic (exact) mass is 516 g/mol. The average molecular weight is 517 g/mol. The first-order valence-electron chi connectivity index (χ1n) is 13.0. The number of aromatic nitrogens is 1. The first-order chi connectivity index (χ1) is 18.5. The Morgan fingerprint density at radius 3 is 2.82 bits per heavy atom. The van der Waals surface area contributed by atoms with Crippen molar-refractivity contribution in [3.63, 3.8) is 0 Å². The molecule has 0 bridgehead atoms. The number of carbonyl (C=O) groups is 1. The third kappa shape index (κ3) is 4.87. The number of nitriles is 1. The number of benzene rings is 2. The van der Waals surface area contributed by atoms with E-state index in [1.807, 2.05) is 38.1 Å². The summed E-state index contributed by atoms with van der Waals surface area (Å²) >= 11 is 0. The van der Waals surface area contributed by atoms with Crippen molar-refractivity contribution in [3.8, 4) is 6.07 Å². The van der Waals surface area contributed by atoms with E-state index in [4.69, 9.17) is 18.9 Å².